The van der Waals surface area contributed by atoms with E-state index >= 15 is 0 Å². The van der Waals surface area contributed by atoms with Crippen molar-refractivity contribution in [3.05, 3.63) is 48.8 Å². The molecule has 3 rings (SSSR count). The van der Waals surface area contributed by atoms with Crippen LogP contribution in [-0.2, 0) is 0 Å². The van der Waals surface area contributed by atoms with Crippen molar-refractivity contribution in [3.8, 4) is 11.1 Å². The molecular formula is C19H22FN2S. The smallest absolute Gasteiger partial charge is 0.147 e. The quantitative estimate of drug-likeness (QED) is 0.718. The van der Waals surface area contributed by atoms with Crippen LogP contribution in [0.5, 0.6) is 0 Å². The second-order valence-electron chi connectivity index (χ2n) is 6.04. The van der Waals surface area contributed by atoms with Gasteiger partial charge in [-0.15, -0.1) is 11.8 Å². The molecule has 121 valence electrons. The van der Waals surface area contributed by atoms with Gasteiger partial charge in [0.1, 0.15) is 10.8 Å². The standard InChI is InChI=1S/C19H22FN2S/c1-14(2)23-19-16(7-6-10-21-19)15-8-9-18(17(20)13-15)22-11-4-3-5-12-22/h3,6-10,13-14H,4-5,11-12H2,1-2H3. The molecule has 0 amide bonds. The lowest BCUT2D eigenvalue weighted by Gasteiger charge is -2.29. The number of halogens is 1. The number of thioether (sulfide) groups is 1. The number of aromatic nitrogens is 1. The van der Waals surface area contributed by atoms with Gasteiger partial charge in [-0.3, -0.25) is 0 Å². The highest BCUT2D eigenvalue weighted by molar-refractivity contribution is 7.99. The Morgan fingerprint density at radius 3 is 2.65 bits per heavy atom. The van der Waals surface area contributed by atoms with Crippen molar-refractivity contribution in [2.24, 2.45) is 0 Å². The molecule has 1 aliphatic heterocycles. The first-order valence-corrected chi connectivity index (χ1v) is 9.01. The van der Waals surface area contributed by atoms with Crippen LogP contribution in [0.1, 0.15) is 26.7 Å². The molecule has 1 radical (unpaired) electrons. The van der Waals surface area contributed by atoms with Gasteiger partial charge in [0.05, 0.1) is 5.69 Å². The van der Waals surface area contributed by atoms with Crippen molar-refractivity contribution < 1.29 is 4.39 Å². The Hall–Kier alpha value is -1.55. The zero-order chi connectivity index (χ0) is 16.2. The molecule has 0 saturated carbocycles. The van der Waals surface area contributed by atoms with E-state index in [4.69, 9.17) is 0 Å². The summed E-state index contributed by atoms with van der Waals surface area (Å²) in [5.41, 5.74) is 2.61. The van der Waals surface area contributed by atoms with Gasteiger partial charge < -0.3 is 4.90 Å². The van der Waals surface area contributed by atoms with Gasteiger partial charge in [0.25, 0.3) is 0 Å². The van der Waals surface area contributed by atoms with E-state index in [0.717, 1.165) is 42.1 Å². The number of nitrogens with zero attached hydrogens (tertiary/aromatic N) is 2. The second-order valence-corrected chi connectivity index (χ2v) is 7.61. The van der Waals surface area contributed by atoms with E-state index in [2.05, 4.69) is 30.2 Å². The van der Waals surface area contributed by atoms with Crippen LogP contribution >= 0.6 is 11.8 Å². The zero-order valence-corrected chi connectivity index (χ0v) is 14.4. The van der Waals surface area contributed by atoms with Crippen LogP contribution in [0.3, 0.4) is 0 Å². The first-order valence-electron chi connectivity index (χ1n) is 8.13. The first-order chi connectivity index (χ1) is 11.1. The predicted octanol–water partition coefficient (Wildman–Crippen LogP) is 5.19. The molecule has 0 atom stereocenters. The van der Waals surface area contributed by atoms with Crippen LogP contribution in [0.2, 0.25) is 0 Å². The maximum atomic E-state index is 14.6. The first kappa shape index (κ1) is 16.3. The van der Waals surface area contributed by atoms with Gasteiger partial charge in [-0.2, -0.15) is 0 Å². The van der Waals surface area contributed by atoms with Crippen molar-refractivity contribution in [1.82, 2.24) is 4.98 Å². The molecule has 0 aliphatic carbocycles. The monoisotopic (exact) mass is 329 g/mol. The second kappa shape index (κ2) is 7.35. The van der Waals surface area contributed by atoms with E-state index in [1.54, 1.807) is 24.0 Å². The SMILES string of the molecule is CC(C)Sc1ncccc1-c1ccc(N2CC[CH]CC2)c(F)c1. The highest BCUT2D eigenvalue weighted by Crippen LogP contribution is 2.34. The minimum Gasteiger partial charge on any atom is -0.369 e. The average molecular weight is 329 g/mol. The fraction of sp³-hybridized carbons (Fsp3) is 0.368. The minimum atomic E-state index is -0.145. The third-order valence-corrected chi connectivity index (χ3v) is 4.94. The summed E-state index contributed by atoms with van der Waals surface area (Å²) in [7, 11) is 0. The Labute approximate surface area is 142 Å². The molecule has 1 saturated heterocycles. The highest BCUT2D eigenvalue weighted by Gasteiger charge is 2.16. The van der Waals surface area contributed by atoms with Crippen LogP contribution in [0.4, 0.5) is 10.1 Å². The van der Waals surface area contributed by atoms with E-state index in [-0.39, 0.29) is 5.82 Å². The molecule has 2 nitrogen and oxygen atoms in total. The fourth-order valence-corrected chi connectivity index (χ4v) is 3.73. The minimum absolute atomic E-state index is 0.145. The largest absolute Gasteiger partial charge is 0.369 e. The van der Waals surface area contributed by atoms with Crippen LogP contribution < -0.4 is 4.90 Å². The van der Waals surface area contributed by atoms with Gasteiger partial charge in [0.15, 0.2) is 0 Å². The fourth-order valence-electron chi connectivity index (χ4n) is 2.85. The topological polar surface area (TPSA) is 16.1 Å². The Morgan fingerprint density at radius 1 is 1.17 bits per heavy atom. The Balaban J connectivity index is 1.91. The summed E-state index contributed by atoms with van der Waals surface area (Å²) < 4.78 is 14.6. The molecular weight excluding hydrogens is 307 g/mol. The van der Waals surface area contributed by atoms with E-state index in [1.807, 2.05) is 24.3 Å². The number of hydrogen-bond donors (Lipinski definition) is 0. The summed E-state index contributed by atoms with van der Waals surface area (Å²) in [6, 6.07) is 9.49. The molecule has 0 unspecified atom stereocenters. The number of hydrogen-bond acceptors (Lipinski definition) is 3. The summed E-state index contributed by atoms with van der Waals surface area (Å²) in [5, 5.41) is 1.40. The summed E-state index contributed by atoms with van der Waals surface area (Å²) in [6.07, 6.45) is 6.12. The van der Waals surface area contributed by atoms with Gasteiger partial charge in [-0.05, 0) is 43.0 Å². The number of rotatable bonds is 4. The molecule has 0 spiro atoms. The number of benzene rings is 1. The predicted molar refractivity (Wildman–Crippen MR) is 96.4 cm³/mol. The molecule has 2 aromatic rings. The summed E-state index contributed by atoms with van der Waals surface area (Å²) in [5.74, 6) is -0.145. The molecule has 23 heavy (non-hydrogen) atoms. The molecule has 1 fully saturated rings. The van der Waals surface area contributed by atoms with E-state index in [9.17, 15) is 4.39 Å². The summed E-state index contributed by atoms with van der Waals surface area (Å²) in [4.78, 5) is 6.59. The highest BCUT2D eigenvalue weighted by atomic mass is 32.2. The number of piperidine rings is 1. The maximum Gasteiger partial charge on any atom is 0.147 e. The lowest BCUT2D eigenvalue weighted by Crippen LogP contribution is -2.30. The average Bonchev–Trinajstić information content (AvgIpc) is 2.55. The maximum absolute atomic E-state index is 14.6. The van der Waals surface area contributed by atoms with Crippen LogP contribution in [0, 0.1) is 12.2 Å². The van der Waals surface area contributed by atoms with E-state index in [0.29, 0.717) is 10.9 Å². The Morgan fingerprint density at radius 2 is 1.96 bits per heavy atom. The third kappa shape index (κ3) is 3.86. The summed E-state index contributed by atoms with van der Waals surface area (Å²) >= 11 is 1.71. The summed E-state index contributed by atoms with van der Waals surface area (Å²) in [6.45, 7) is 6.08. The molecule has 2 heterocycles. The van der Waals surface area contributed by atoms with Crippen molar-refractivity contribution in [2.75, 3.05) is 18.0 Å². The number of anilines is 1. The van der Waals surface area contributed by atoms with Gasteiger partial charge in [-0.1, -0.05) is 26.0 Å². The molecule has 1 aromatic carbocycles. The molecule has 0 bridgehead atoms. The molecule has 0 N–H and O–H groups in total. The van der Waals surface area contributed by atoms with Crippen molar-refractivity contribution in [1.29, 1.82) is 0 Å². The zero-order valence-electron chi connectivity index (χ0n) is 13.6. The lowest BCUT2D eigenvalue weighted by molar-refractivity contribution is 0.603. The van der Waals surface area contributed by atoms with Crippen LogP contribution in [0.25, 0.3) is 11.1 Å². The normalized spacial score (nSPS) is 15.2. The molecule has 1 aromatic heterocycles. The van der Waals surface area contributed by atoms with Crippen molar-refractivity contribution >= 4 is 17.4 Å². The lowest BCUT2D eigenvalue weighted by atomic mass is 10.1. The van der Waals surface area contributed by atoms with E-state index in [1.165, 1.54) is 0 Å². The van der Waals surface area contributed by atoms with E-state index < -0.39 is 0 Å². The Kier molecular flexibility index (Phi) is 5.21. The van der Waals surface area contributed by atoms with Gasteiger partial charge >= 0.3 is 0 Å². The molecule has 1 aliphatic rings. The van der Waals surface area contributed by atoms with Crippen LogP contribution in [0.15, 0.2) is 41.6 Å². The van der Waals surface area contributed by atoms with Gasteiger partial charge in [-0.25, -0.2) is 9.37 Å². The van der Waals surface area contributed by atoms with Gasteiger partial charge in [0.2, 0.25) is 0 Å². The molecule has 4 heteroatoms. The number of pyridine rings is 1. The van der Waals surface area contributed by atoms with Crippen molar-refractivity contribution in [2.45, 2.75) is 37.0 Å². The third-order valence-electron chi connectivity index (χ3n) is 3.92. The van der Waals surface area contributed by atoms with Gasteiger partial charge in [0, 0.05) is 30.1 Å². The Bertz CT molecular complexity index is 666. The van der Waals surface area contributed by atoms with Crippen LogP contribution in [-0.4, -0.2) is 23.3 Å². The van der Waals surface area contributed by atoms with Crippen molar-refractivity contribution in [3.63, 3.8) is 0 Å².